The maximum absolute atomic E-state index is 13.4. The highest BCUT2D eigenvalue weighted by Crippen LogP contribution is 2.22. The minimum atomic E-state index is -3.95. The highest BCUT2D eigenvalue weighted by atomic mass is 32.2. The highest BCUT2D eigenvalue weighted by Gasteiger charge is 2.27. The van der Waals surface area contributed by atoms with Crippen molar-refractivity contribution in [3.8, 4) is 11.8 Å². The molecule has 33 heavy (non-hydrogen) atoms. The summed E-state index contributed by atoms with van der Waals surface area (Å²) in [7, 11) is -3.95. The Morgan fingerprint density at radius 3 is 2.24 bits per heavy atom. The molecule has 1 amide bonds. The van der Waals surface area contributed by atoms with E-state index in [9.17, 15) is 13.2 Å². The lowest BCUT2D eigenvalue weighted by atomic mass is 10.1. The number of nitrogens with zero attached hydrogens (tertiary/aromatic N) is 2. The number of ether oxygens (including phenoxy) is 1. The van der Waals surface area contributed by atoms with Crippen LogP contribution in [0, 0.1) is 11.3 Å². The number of hydrogen-bond donors (Lipinski definition) is 1. The Bertz CT molecular complexity index is 1200. The molecule has 0 aliphatic heterocycles. The zero-order valence-electron chi connectivity index (χ0n) is 18.3. The molecule has 0 radical (unpaired) electrons. The fourth-order valence-electron chi connectivity index (χ4n) is 3.19. The van der Waals surface area contributed by atoms with Crippen molar-refractivity contribution in [2.24, 2.45) is 0 Å². The van der Waals surface area contributed by atoms with Gasteiger partial charge in [-0.3, -0.25) is 4.79 Å². The van der Waals surface area contributed by atoms with Crippen molar-refractivity contribution in [2.75, 3.05) is 18.5 Å². The summed E-state index contributed by atoms with van der Waals surface area (Å²) in [4.78, 5) is 12.8. The van der Waals surface area contributed by atoms with Gasteiger partial charge in [0.15, 0.2) is 0 Å². The molecule has 8 heteroatoms. The van der Waals surface area contributed by atoms with Crippen LogP contribution in [0.3, 0.4) is 0 Å². The molecule has 0 aliphatic rings. The van der Waals surface area contributed by atoms with Crippen molar-refractivity contribution in [3.63, 3.8) is 0 Å². The average Bonchev–Trinajstić information content (AvgIpc) is 2.81. The van der Waals surface area contributed by atoms with E-state index in [0.29, 0.717) is 18.0 Å². The summed E-state index contributed by atoms with van der Waals surface area (Å²) in [5.41, 5.74) is 2.12. The Kier molecular flexibility index (Phi) is 8.19. The second-order valence-electron chi connectivity index (χ2n) is 7.24. The lowest BCUT2D eigenvalue weighted by molar-refractivity contribution is -0.116. The topological polar surface area (TPSA) is 99.5 Å². The van der Waals surface area contributed by atoms with Crippen LogP contribution < -0.4 is 10.1 Å². The quantitative estimate of drug-likeness (QED) is 0.490. The van der Waals surface area contributed by atoms with E-state index in [4.69, 9.17) is 10.00 Å². The van der Waals surface area contributed by atoms with Gasteiger partial charge in [0.05, 0.1) is 30.5 Å². The van der Waals surface area contributed by atoms with Gasteiger partial charge in [0, 0.05) is 12.2 Å². The normalized spacial score (nSPS) is 11.1. The van der Waals surface area contributed by atoms with E-state index < -0.39 is 15.9 Å². The maximum Gasteiger partial charge on any atom is 0.243 e. The predicted molar refractivity (Wildman–Crippen MR) is 126 cm³/mol. The van der Waals surface area contributed by atoms with Crippen LogP contribution in [-0.2, 0) is 27.8 Å². The highest BCUT2D eigenvalue weighted by molar-refractivity contribution is 7.89. The number of benzene rings is 3. The zero-order valence-corrected chi connectivity index (χ0v) is 19.1. The number of hydrogen-bond acceptors (Lipinski definition) is 5. The molecule has 0 aromatic heterocycles. The van der Waals surface area contributed by atoms with Crippen LogP contribution in [0.15, 0.2) is 83.8 Å². The molecule has 170 valence electrons. The second-order valence-corrected chi connectivity index (χ2v) is 9.18. The minimum absolute atomic E-state index is 0.0465. The van der Waals surface area contributed by atoms with Gasteiger partial charge in [0.1, 0.15) is 5.75 Å². The molecule has 0 atom stereocenters. The van der Waals surface area contributed by atoms with Crippen LogP contribution in [0.2, 0.25) is 0 Å². The summed E-state index contributed by atoms with van der Waals surface area (Å²) >= 11 is 0. The SMILES string of the molecule is CCOc1ccc(S(=O)(=O)N(CC(=O)Nc2ccc(CC#N)cc2)Cc2ccccc2)cc1. The smallest absolute Gasteiger partial charge is 0.243 e. The molecular formula is C25H25N3O4S. The van der Waals surface area contributed by atoms with Crippen molar-refractivity contribution in [3.05, 3.63) is 90.0 Å². The Morgan fingerprint density at radius 2 is 1.64 bits per heavy atom. The summed E-state index contributed by atoms with van der Waals surface area (Å²) < 4.78 is 33.3. The molecule has 0 saturated heterocycles. The first-order valence-corrected chi connectivity index (χ1v) is 11.9. The molecule has 0 heterocycles. The molecule has 0 unspecified atom stereocenters. The first-order valence-electron chi connectivity index (χ1n) is 10.4. The minimum Gasteiger partial charge on any atom is -0.494 e. The average molecular weight is 464 g/mol. The first-order chi connectivity index (χ1) is 15.9. The van der Waals surface area contributed by atoms with Crippen LogP contribution in [0.1, 0.15) is 18.1 Å². The number of carbonyl (C=O) groups excluding carboxylic acids is 1. The lowest BCUT2D eigenvalue weighted by Gasteiger charge is -2.22. The Hall–Kier alpha value is -3.67. The fourth-order valence-corrected chi connectivity index (χ4v) is 4.58. The molecule has 3 aromatic carbocycles. The molecular weight excluding hydrogens is 438 g/mol. The molecule has 0 bridgehead atoms. The molecule has 0 saturated carbocycles. The summed E-state index contributed by atoms with van der Waals surface area (Å²) in [5.74, 6) is 0.108. The molecule has 1 N–H and O–H groups in total. The summed E-state index contributed by atoms with van der Waals surface area (Å²) in [6, 6.07) is 24.2. The van der Waals surface area contributed by atoms with E-state index in [1.165, 1.54) is 12.1 Å². The first kappa shape index (κ1) is 24.0. The van der Waals surface area contributed by atoms with Gasteiger partial charge in [-0.2, -0.15) is 9.57 Å². The molecule has 0 fully saturated rings. The van der Waals surface area contributed by atoms with Crippen LogP contribution in [0.25, 0.3) is 0 Å². The van der Waals surface area contributed by atoms with Crippen molar-refractivity contribution < 1.29 is 17.9 Å². The van der Waals surface area contributed by atoms with E-state index in [1.54, 1.807) is 36.4 Å². The Balaban J connectivity index is 1.81. The number of rotatable bonds is 10. The van der Waals surface area contributed by atoms with Gasteiger partial charge in [-0.05, 0) is 54.4 Å². The van der Waals surface area contributed by atoms with Gasteiger partial charge >= 0.3 is 0 Å². The third kappa shape index (κ3) is 6.65. The van der Waals surface area contributed by atoms with Gasteiger partial charge in [0.2, 0.25) is 15.9 Å². The fraction of sp³-hybridized carbons (Fsp3) is 0.200. The molecule has 0 aliphatic carbocycles. The van der Waals surface area contributed by atoms with E-state index in [-0.39, 0.29) is 24.4 Å². The second kappa shape index (κ2) is 11.3. The van der Waals surface area contributed by atoms with Gasteiger partial charge in [0.25, 0.3) is 0 Å². The summed E-state index contributed by atoms with van der Waals surface area (Å²) in [6.07, 6.45) is 0.277. The lowest BCUT2D eigenvalue weighted by Crippen LogP contribution is -2.37. The molecule has 7 nitrogen and oxygen atoms in total. The standard InChI is InChI=1S/C25H25N3O4S/c1-2-32-23-12-14-24(15-13-23)33(30,31)28(18-21-6-4-3-5-7-21)19-25(29)27-22-10-8-20(9-11-22)16-17-26/h3-15H,2,16,18-19H2,1H3,(H,27,29). The third-order valence-corrected chi connectivity index (χ3v) is 6.62. The zero-order chi connectivity index (χ0) is 23.7. The van der Waals surface area contributed by atoms with Crippen molar-refractivity contribution in [1.82, 2.24) is 4.31 Å². The van der Waals surface area contributed by atoms with Crippen molar-refractivity contribution in [2.45, 2.75) is 24.8 Å². The third-order valence-electron chi connectivity index (χ3n) is 4.82. The number of anilines is 1. The summed E-state index contributed by atoms with van der Waals surface area (Å²) in [6.45, 7) is 2.01. The Morgan fingerprint density at radius 1 is 0.970 bits per heavy atom. The van der Waals surface area contributed by atoms with Crippen LogP contribution >= 0.6 is 0 Å². The number of sulfonamides is 1. The number of nitrogens with one attached hydrogen (secondary N) is 1. The van der Waals surface area contributed by atoms with E-state index in [0.717, 1.165) is 15.4 Å². The molecule has 0 spiro atoms. The number of nitriles is 1. The number of carbonyl (C=O) groups is 1. The van der Waals surface area contributed by atoms with Crippen LogP contribution in [0.4, 0.5) is 5.69 Å². The summed E-state index contributed by atoms with van der Waals surface area (Å²) in [5, 5.41) is 11.5. The van der Waals surface area contributed by atoms with Crippen molar-refractivity contribution >= 4 is 21.6 Å². The van der Waals surface area contributed by atoms with E-state index in [2.05, 4.69) is 11.4 Å². The monoisotopic (exact) mass is 463 g/mol. The Labute approximate surface area is 194 Å². The van der Waals surface area contributed by atoms with Gasteiger partial charge in [-0.25, -0.2) is 8.42 Å². The number of amides is 1. The van der Waals surface area contributed by atoms with E-state index in [1.807, 2.05) is 37.3 Å². The predicted octanol–water partition coefficient (Wildman–Crippen LogP) is 3.98. The van der Waals surface area contributed by atoms with Gasteiger partial charge < -0.3 is 10.1 Å². The van der Waals surface area contributed by atoms with Crippen LogP contribution in [0.5, 0.6) is 5.75 Å². The van der Waals surface area contributed by atoms with Gasteiger partial charge in [-0.1, -0.05) is 42.5 Å². The van der Waals surface area contributed by atoms with Gasteiger partial charge in [-0.15, -0.1) is 0 Å². The van der Waals surface area contributed by atoms with Crippen LogP contribution in [-0.4, -0.2) is 31.8 Å². The maximum atomic E-state index is 13.4. The van der Waals surface area contributed by atoms with E-state index >= 15 is 0 Å². The largest absolute Gasteiger partial charge is 0.494 e. The molecule has 3 aromatic rings. The van der Waals surface area contributed by atoms with Crippen molar-refractivity contribution in [1.29, 1.82) is 5.26 Å². The molecule has 3 rings (SSSR count).